The van der Waals surface area contributed by atoms with E-state index in [9.17, 15) is 0 Å². The predicted molar refractivity (Wildman–Crippen MR) is 77.9 cm³/mol. The van der Waals surface area contributed by atoms with E-state index in [1.54, 1.807) is 0 Å². The summed E-state index contributed by atoms with van der Waals surface area (Å²) in [6, 6.07) is 2.65. The van der Waals surface area contributed by atoms with Gasteiger partial charge < -0.3 is 9.73 Å². The molecule has 104 valence electrons. The monoisotopic (exact) mass is 251 g/mol. The SMILES string of the molecule is CCCNC(CCCC(C)C)c1cc(C)oc1C. The Morgan fingerprint density at radius 3 is 2.44 bits per heavy atom. The second kappa shape index (κ2) is 7.63. The van der Waals surface area contributed by atoms with Crippen molar-refractivity contribution < 1.29 is 4.42 Å². The molecule has 0 saturated carbocycles. The Labute approximate surface area is 112 Å². The zero-order valence-corrected chi connectivity index (χ0v) is 12.7. The molecule has 1 rings (SSSR count). The van der Waals surface area contributed by atoms with E-state index in [1.807, 2.05) is 6.92 Å². The maximum absolute atomic E-state index is 5.66. The van der Waals surface area contributed by atoms with Crippen LogP contribution in [0.15, 0.2) is 10.5 Å². The Morgan fingerprint density at radius 2 is 1.94 bits per heavy atom. The first-order valence-corrected chi connectivity index (χ1v) is 7.34. The van der Waals surface area contributed by atoms with Crippen molar-refractivity contribution in [1.29, 1.82) is 0 Å². The molecule has 0 radical (unpaired) electrons. The highest BCUT2D eigenvalue weighted by atomic mass is 16.3. The highest BCUT2D eigenvalue weighted by molar-refractivity contribution is 5.24. The summed E-state index contributed by atoms with van der Waals surface area (Å²) in [5.41, 5.74) is 1.35. The molecule has 1 heterocycles. The lowest BCUT2D eigenvalue weighted by Crippen LogP contribution is -2.22. The molecule has 0 spiro atoms. The van der Waals surface area contributed by atoms with Gasteiger partial charge in [-0.3, -0.25) is 0 Å². The van der Waals surface area contributed by atoms with Crippen LogP contribution in [0.1, 0.15) is 69.6 Å². The third-order valence-corrected chi connectivity index (χ3v) is 3.37. The molecule has 0 aliphatic heterocycles. The maximum atomic E-state index is 5.66. The Bertz CT molecular complexity index is 341. The first-order valence-electron chi connectivity index (χ1n) is 7.34. The van der Waals surface area contributed by atoms with Crippen molar-refractivity contribution in [3.8, 4) is 0 Å². The van der Waals surface area contributed by atoms with Crippen molar-refractivity contribution >= 4 is 0 Å². The van der Waals surface area contributed by atoms with Crippen LogP contribution in [-0.4, -0.2) is 6.54 Å². The van der Waals surface area contributed by atoms with Crippen molar-refractivity contribution in [2.75, 3.05) is 6.54 Å². The summed E-state index contributed by atoms with van der Waals surface area (Å²) in [5.74, 6) is 2.89. The summed E-state index contributed by atoms with van der Waals surface area (Å²) >= 11 is 0. The fourth-order valence-corrected chi connectivity index (χ4v) is 2.41. The first kappa shape index (κ1) is 15.3. The third kappa shape index (κ3) is 4.85. The lowest BCUT2D eigenvalue weighted by molar-refractivity contribution is 0.436. The van der Waals surface area contributed by atoms with E-state index in [2.05, 4.69) is 39.1 Å². The topological polar surface area (TPSA) is 25.2 Å². The molecule has 0 amide bonds. The minimum absolute atomic E-state index is 0.459. The molecule has 0 aliphatic carbocycles. The molecule has 1 unspecified atom stereocenters. The van der Waals surface area contributed by atoms with Gasteiger partial charge in [-0.15, -0.1) is 0 Å². The van der Waals surface area contributed by atoms with Crippen LogP contribution in [-0.2, 0) is 0 Å². The molecule has 2 heteroatoms. The molecule has 0 aliphatic rings. The number of rotatable bonds is 8. The Hall–Kier alpha value is -0.760. The Kier molecular flexibility index (Phi) is 6.48. The second-order valence-electron chi connectivity index (χ2n) is 5.70. The van der Waals surface area contributed by atoms with Crippen molar-refractivity contribution in [3.05, 3.63) is 23.2 Å². The number of aryl methyl sites for hydroxylation is 2. The van der Waals surface area contributed by atoms with Crippen molar-refractivity contribution in [3.63, 3.8) is 0 Å². The Balaban J connectivity index is 2.62. The van der Waals surface area contributed by atoms with Crippen LogP contribution in [0.5, 0.6) is 0 Å². The molecule has 1 aromatic rings. The normalized spacial score (nSPS) is 13.2. The standard InChI is InChI=1S/C16H29NO/c1-6-10-17-16(9-7-8-12(2)3)15-11-13(4)18-14(15)5/h11-12,16-17H,6-10H2,1-5H3. The van der Waals surface area contributed by atoms with Gasteiger partial charge in [-0.25, -0.2) is 0 Å². The molecule has 0 saturated heterocycles. The largest absolute Gasteiger partial charge is 0.466 e. The molecule has 0 fully saturated rings. The van der Waals surface area contributed by atoms with Crippen LogP contribution in [0, 0.1) is 19.8 Å². The molecule has 2 nitrogen and oxygen atoms in total. The number of furan rings is 1. The minimum Gasteiger partial charge on any atom is -0.466 e. The smallest absolute Gasteiger partial charge is 0.105 e. The minimum atomic E-state index is 0.459. The summed E-state index contributed by atoms with van der Waals surface area (Å²) in [7, 11) is 0. The van der Waals surface area contributed by atoms with E-state index in [1.165, 1.54) is 31.2 Å². The van der Waals surface area contributed by atoms with Crippen LogP contribution in [0.4, 0.5) is 0 Å². The van der Waals surface area contributed by atoms with Crippen LogP contribution < -0.4 is 5.32 Å². The number of nitrogens with one attached hydrogen (secondary N) is 1. The number of hydrogen-bond donors (Lipinski definition) is 1. The van der Waals surface area contributed by atoms with Gasteiger partial charge >= 0.3 is 0 Å². The molecule has 0 aromatic carbocycles. The van der Waals surface area contributed by atoms with Gasteiger partial charge in [0.15, 0.2) is 0 Å². The summed E-state index contributed by atoms with van der Waals surface area (Å²) < 4.78 is 5.66. The summed E-state index contributed by atoms with van der Waals surface area (Å²) in [6.45, 7) is 12.0. The zero-order valence-electron chi connectivity index (χ0n) is 12.7. The van der Waals surface area contributed by atoms with Gasteiger partial charge in [0.25, 0.3) is 0 Å². The van der Waals surface area contributed by atoms with E-state index >= 15 is 0 Å². The summed E-state index contributed by atoms with van der Waals surface area (Å²) in [4.78, 5) is 0. The van der Waals surface area contributed by atoms with Gasteiger partial charge in [-0.1, -0.05) is 33.6 Å². The molecule has 1 N–H and O–H groups in total. The van der Waals surface area contributed by atoms with Crippen LogP contribution in [0.25, 0.3) is 0 Å². The summed E-state index contributed by atoms with van der Waals surface area (Å²) in [6.07, 6.45) is 4.97. The quantitative estimate of drug-likeness (QED) is 0.720. The molecular formula is C16H29NO. The zero-order chi connectivity index (χ0) is 13.5. The number of hydrogen-bond acceptors (Lipinski definition) is 2. The lowest BCUT2D eigenvalue weighted by atomic mass is 9.98. The highest BCUT2D eigenvalue weighted by Crippen LogP contribution is 2.26. The van der Waals surface area contributed by atoms with E-state index in [4.69, 9.17) is 4.42 Å². The van der Waals surface area contributed by atoms with Gasteiger partial charge in [-0.2, -0.15) is 0 Å². The fraction of sp³-hybridized carbons (Fsp3) is 0.750. The average Bonchev–Trinajstić information content (AvgIpc) is 2.62. The molecular weight excluding hydrogens is 222 g/mol. The van der Waals surface area contributed by atoms with Gasteiger partial charge in [0.05, 0.1) is 0 Å². The maximum Gasteiger partial charge on any atom is 0.105 e. The van der Waals surface area contributed by atoms with E-state index in [-0.39, 0.29) is 0 Å². The molecule has 18 heavy (non-hydrogen) atoms. The lowest BCUT2D eigenvalue weighted by Gasteiger charge is -2.18. The van der Waals surface area contributed by atoms with Crippen molar-refractivity contribution in [2.24, 2.45) is 5.92 Å². The predicted octanol–water partition coefficient (Wildman–Crippen LogP) is 4.76. The van der Waals surface area contributed by atoms with E-state index < -0.39 is 0 Å². The average molecular weight is 251 g/mol. The van der Waals surface area contributed by atoms with Gasteiger partial charge in [-0.05, 0) is 45.2 Å². The van der Waals surface area contributed by atoms with Crippen LogP contribution in [0.3, 0.4) is 0 Å². The third-order valence-electron chi connectivity index (χ3n) is 3.37. The second-order valence-corrected chi connectivity index (χ2v) is 5.70. The van der Waals surface area contributed by atoms with Crippen LogP contribution >= 0.6 is 0 Å². The molecule has 0 bridgehead atoms. The van der Waals surface area contributed by atoms with E-state index in [0.717, 1.165) is 24.0 Å². The van der Waals surface area contributed by atoms with Gasteiger partial charge in [0.2, 0.25) is 0 Å². The van der Waals surface area contributed by atoms with Gasteiger partial charge in [0.1, 0.15) is 11.5 Å². The first-order chi connectivity index (χ1) is 8.54. The fourth-order valence-electron chi connectivity index (χ4n) is 2.41. The van der Waals surface area contributed by atoms with Crippen molar-refractivity contribution in [2.45, 2.75) is 66.3 Å². The highest BCUT2D eigenvalue weighted by Gasteiger charge is 2.16. The van der Waals surface area contributed by atoms with Crippen LogP contribution in [0.2, 0.25) is 0 Å². The Morgan fingerprint density at radius 1 is 1.22 bits per heavy atom. The van der Waals surface area contributed by atoms with E-state index in [0.29, 0.717) is 6.04 Å². The van der Waals surface area contributed by atoms with Crippen molar-refractivity contribution in [1.82, 2.24) is 5.32 Å². The molecule has 1 atom stereocenters. The molecule has 1 aromatic heterocycles. The summed E-state index contributed by atoms with van der Waals surface area (Å²) in [5, 5.41) is 3.65. The van der Waals surface area contributed by atoms with Gasteiger partial charge in [0, 0.05) is 11.6 Å².